The minimum Gasteiger partial charge on any atom is -0.413 e. The van der Waals surface area contributed by atoms with Gasteiger partial charge >= 0.3 is 5.76 Å². The van der Waals surface area contributed by atoms with Crippen LogP contribution >= 0.6 is 0 Å². The molecule has 1 fully saturated rings. The second kappa shape index (κ2) is 4.90. The molecule has 1 N–H and O–H groups in total. The summed E-state index contributed by atoms with van der Waals surface area (Å²) >= 11 is 0. The van der Waals surface area contributed by atoms with Crippen LogP contribution in [0.4, 0.5) is 0 Å². The molecule has 0 amide bonds. The van der Waals surface area contributed by atoms with Crippen molar-refractivity contribution in [1.82, 2.24) is 14.8 Å². The van der Waals surface area contributed by atoms with E-state index in [2.05, 4.69) is 35.6 Å². The SMILES string of the molecule is Cc1oc(=O)[nH]c1CN1CCN(C(C)(C)C)CC1. The van der Waals surface area contributed by atoms with Crippen LogP contribution in [0.1, 0.15) is 32.2 Å². The Labute approximate surface area is 108 Å². The van der Waals surface area contributed by atoms with Crippen LogP contribution in [0.5, 0.6) is 0 Å². The van der Waals surface area contributed by atoms with E-state index in [9.17, 15) is 4.79 Å². The summed E-state index contributed by atoms with van der Waals surface area (Å²) in [4.78, 5) is 18.7. The van der Waals surface area contributed by atoms with Gasteiger partial charge in [-0.15, -0.1) is 0 Å². The van der Waals surface area contributed by atoms with Gasteiger partial charge in [0.25, 0.3) is 0 Å². The second-order valence-corrected chi connectivity index (χ2v) is 5.98. The summed E-state index contributed by atoms with van der Waals surface area (Å²) in [5.74, 6) is 0.356. The van der Waals surface area contributed by atoms with Crippen LogP contribution in [-0.2, 0) is 6.54 Å². The van der Waals surface area contributed by atoms with E-state index in [1.807, 2.05) is 6.92 Å². The summed E-state index contributed by atoms with van der Waals surface area (Å²) in [6, 6.07) is 0. The Morgan fingerprint density at radius 1 is 1.22 bits per heavy atom. The lowest BCUT2D eigenvalue weighted by Crippen LogP contribution is -2.53. The van der Waals surface area contributed by atoms with E-state index in [0.717, 1.165) is 38.4 Å². The van der Waals surface area contributed by atoms with Crippen molar-refractivity contribution in [3.63, 3.8) is 0 Å². The van der Waals surface area contributed by atoms with Gasteiger partial charge in [-0.3, -0.25) is 14.8 Å². The lowest BCUT2D eigenvalue weighted by molar-refractivity contribution is 0.0584. The van der Waals surface area contributed by atoms with Gasteiger partial charge in [-0.05, 0) is 27.7 Å². The van der Waals surface area contributed by atoms with Crippen molar-refractivity contribution >= 4 is 0 Å². The van der Waals surface area contributed by atoms with Gasteiger partial charge in [-0.1, -0.05) is 0 Å². The number of hydrogen-bond acceptors (Lipinski definition) is 4. The number of nitrogens with zero attached hydrogens (tertiary/aromatic N) is 2. The van der Waals surface area contributed by atoms with Gasteiger partial charge < -0.3 is 4.42 Å². The molecule has 1 aliphatic heterocycles. The Balaban J connectivity index is 1.91. The molecule has 1 aliphatic rings. The predicted octanol–water partition coefficient (Wildman–Crippen LogP) is 1.19. The summed E-state index contributed by atoms with van der Waals surface area (Å²) in [7, 11) is 0. The first-order chi connectivity index (χ1) is 8.36. The molecule has 0 radical (unpaired) electrons. The first-order valence-electron chi connectivity index (χ1n) is 6.52. The van der Waals surface area contributed by atoms with Crippen LogP contribution in [0.3, 0.4) is 0 Å². The molecule has 2 rings (SSSR count). The fourth-order valence-electron chi connectivity index (χ4n) is 2.39. The number of oxazole rings is 1. The Morgan fingerprint density at radius 2 is 1.83 bits per heavy atom. The third kappa shape index (κ3) is 3.03. The number of rotatable bonds is 2. The van der Waals surface area contributed by atoms with Gasteiger partial charge in [0.2, 0.25) is 0 Å². The molecule has 0 saturated carbocycles. The molecule has 0 bridgehead atoms. The van der Waals surface area contributed by atoms with E-state index in [1.54, 1.807) is 0 Å². The summed E-state index contributed by atoms with van der Waals surface area (Å²) in [6.45, 7) is 13.6. The third-order valence-electron chi connectivity index (χ3n) is 3.63. The summed E-state index contributed by atoms with van der Waals surface area (Å²) in [5, 5.41) is 0. The summed E-state index contributed by atoms with van der Waals surface area (Å²) < 4.78 is 4.98. The molecule has 2 heterocycles. The number of aromatic amines is 1. The Bertz CT molecular complexity index is 448. The van der Waals surface area contributed by atoms with Crippen LogP contribution in [0.25, 0.3) is 0 Å². The van der Waals surface area contributed by atoms with Crippen LogP contribution in [-0.4, -0.2) is 46.5 Å². The zero-order chi connectivity index (χ0) is 13.3. The number of hydrogen-bond donors (Lipinski definition) is 1. The van der Waals surface area contributed by atoms with Gasteiger partial charge in [0.15, 0.2) is 0 Å². The van der Waals surface area contributed by atoms with Crippen molar-refractivity contribution < 1.29 is 4.42 Å². The molecule has 0 aliphatic carbocycles. The van der Waals surface area contributed by atoms with E-state index in [4.69, 9.17) is 4.42 Å². The maximum Gasteiger partial charge on any atom is 0.416 e. The highest BCUT2D eigenvalue weighted by Gasteiger charge is 2.26. The molecule has 0 spiro atoms. The molecule has 5 nitrogen and oxygen atoms in total. The smallest absolute Gasteiger partial charge is 0.413 e. The van der Waals surface area contributed by atoms with Gasteiger partial charge in [-0.25, -0.2) is 4.79 Å². The predicted molar refractivity (Wildman–Crippen MR) is 70.7 cm³/mol. The Kier molecular flexibility index (Phi) is 3.64. The highest BCUT2D eigenvalue weighted by molar-refractivity contribution is 5.04. The van der Waals surface area contributed by atoms with Gasteiger partial charge in [0.1, 0.15) is 5.76 Å². The number of piperazine rings is 1. The molecule has 0 unspecified atom stereocenters. The molecule has 1 saturated heterocycles. The van der Waals surface area contributed by atoms with Crippen molar-refractivity contribution in [2.75, 3.05) is 26.2 Å². The molecule has 5 heteroatoms. The van der Waals surface area contributed by atoms with Crippen LogP contribution < -0.4 is 5.76 Å². The van der Waals surface area contributed by atoms with Crippen molar-refractivity contribution in [3.8, 4) is 0 Å². The van der Waals surface area contributed by atoms with E-state index >= 15 is 0 Å². The number of aromatic nitrogens is 1. The molecular weight excluding hydrogens is 230 g/mol. The lowest BCUT2D eigenvalue weighted by Gasteiger charge is -2.42. The highest BCUT2D eigenvalue weighted by Crippen LogP contribution is 2.17. The standard InChI is InChI=1S/C13H23N3O2/c1-10-11(14-12(17)18-10)9-15-5-7-16(8-6-15)13(2,3)4/h5-9H2,1-4H3,(H,14,17). The Morgan fingerprint density at radius 3 is 2.28 bits per heavy atom. The largest absolute Gasteiger partial charge is 0.416 e. The quantitative estimate of drug-likeness (QED) is 0.860. The lowest BCUT2D eigenvalue weighted by atomic mass is 10.0. The third-order valence-corrected chi connectivity index (χ3v) is 3.63. The zero-order valence-corrected chi connectivity index (χ0v) is 11.7. The molecular formula is C13H23N3O2. The fourth-order valence-corrected chi connectivity index (χ4v) is 2.39. The molecule has 0 aromatic carbocycles. The number of aryl methyl sites for hydroxylation is 1. The normalized spacial score (nSPS) is 19.3. The molecule has 1 aromatic heterocycles. The van der Waals surface area contributed by atoms with E-state index < -0.39 is 0 Å². The first kappa shape index (κ1) is 13.4. The van der Waals surface area contributed by atoms with Crippen LogP contribution in [0, 0.1) is 6.92 Å². The maximum atomic E-state index is 11.1. The highest BCUT2D eigenvalue weighted by atomic mass is 16.4. The minimum atomic E-state index is -0.351. The van der Waals surface area contributed by atoms with Gasteiger partial charge in [0, 0.05) is 38.3 Å². The average molecular weight is 253 g/mol. The second-order valence-electron chi connectivity index (χ2n) is 5.98. The maximum absolute atomic E-state index is 11.1. The first-order valence-corrected chi connectivity index (χ1v) is 6.52. The number of H-pyrrole nitrogens is 1. The van der Waals surface area contributed by atoms with E-state index in [1.165, 1.54) is 0 Å². The number of nitrogens with one attached hydrogen (secondary N) is 1. The van der Waals surface area contributed by atoms with Crippen molar-refractivity contribution in [2.24, 2.45) is 0 Å². The molecule has 18 heavy (non-hydrogen) atoms. The van der Waals surface area contributed by atoms with Crippen LogP contribution in [0.15, 0.2) is 9.21 Å². The Hall–Kier alpha value is -1.07. The van der Waals surface area contributed by atoms with E-state index in [0.29, 0.717) is 5.76 Å². The minimum absolute atomic E-state index is 0.242. The fraction of sp³-hybridized carbons (Fsp3) is 0.769. The average Bonchev–Trinajstić information content (AvgIpc) is 2.57. The topological polar surface area (TPSA) is 52.5 Å². The summed E-state index contributed by atoms with van der Waals surface area (Å²) in [5.41, 5.74) is 1.15. The van der Waals surface area contributed by atoms with Crippen LogP contribution in [0.2, 0.25) is 0 Å². The zero-order valence-electron chi connectivity index (χ0n) is 11.7. The van der Waals surface area contributed by atoms with Crippen molar-refractivity contribution in [1.29, 1.82) is 0 Å². The van der Waals surface area contributed by atoms with Crippen molar-refractivity contribution in [3.05, 3.63) is 22.0 Å². The van der Waals surface area contributed by atoms with Gasteiger partial charge in [0.05, 0.1) is 5.69 Å². The molecule has 102 valence electrons. The monoisotopic (exact) mass is 253 g/mol. The van der Waals surface area contributed by atoms with E-state index in [-0.39, 0.29) is 11.3 Å². The van der Waals surface area contributed by atoms with Crippen molar-refractivity contribution in [2.45, 2.75) is 39.8 Å². The molecule has 0 atom stereocenters. The molecule has 1 aromatic rings. The summed E-state index contributed by atoms with van der Waals surface area (Å²) in [6.07, 6.45) is 0. The van der Waals surface area contributed by atoms with Gasteiger partial charge in [-0.2, -0.15) is 0 Å².